The fourth-order valence-electron chi connectivity index (χ4n) is 2.01. The maximum absolute atomic E-state index is 12.2. The highest BCUT2D eigenvalue weighted by Gasteiger charge is 2.21. The van der Waals surface area contributed by atoms with E-state index < -0.39 is 6.04 Å². The minimum atomic E-state index is -0.548. The Kier molecular flexibility index (Phi) is 4.82. The van der Waals surface area contributed by atoms with Gasteiger partial charge in [-0.05, 0) is 43.7 Å². The number of anilines is 2. The molecule has 21 heavy (non-hydrogen) atoms. The molecule has 0 aliphatic rings. The van der Waals surface area contributed by atoms with Crippen LogP contribution < -0.4 is 11.1 Å². The van der Waals surface area contributed by atoms with E-state index in [1.165, 1.54) is 5.56 Å². The number of rotatable bonds is 5. The normalized spacial score (nSPS) is 11.7. The van der Waals surface area contributed by atoms with Crippen molar-refractivity contribution in [3.63, 3.8) is 0 Å². The Labute approximate surface area is 124 Å². The van der Waals surface area contributed by atoms with Crippen LogP contribution in [0.4, 0.5) is 11.4 Å². The third kappa shape index (κ3) is 3.99. The molecule has 2 aromatic rings. The highest BCUT2D eigenvalue weighted by molar-refractivity contribution is 5.81. The van der Waals surface area contributed by atoms with Crippen molar-refractivity contribution in [2.45, 2.75) is 19.9 Å². The lowest BCUT2D eigenvalue weighted by molar-refractivity contribution is -0.144. The van der Waals surface area contributed by atoms with Gasteiger partial charge in [-0.1, -0.05) is 29.8 Å². The number of hydrogen-bond donors (Lipinski definition) is 2. The Morgan fingerprint density at radius 2 is 1.76 bits per heavy atom. The summed E-state index contributed by atoms with van der Waals surface area (Å²) in [6, 6.07) is 14.5. The summed E-state index contributed by atoms with van der Waals surface area (Å²) in [6.07, 6.45) is 0. The van der Waals surface area contributed by atoms with Crippen molar-refractivity contribution in [2.75, 3.05) is 17.7 Å². The molecule has 0 saturated heterocycles. The van der Waals surface area contributed by atoms with E-state index in [0.717, 1.165) is 11.3 Å². The molecule has 2 rings (SSSR count). The van der Waals surface area contributed by atoms with Gasteiger partial charge in [0.05, 0.1) is 6.61 Å². The van der Waals surface area contributed by atoms with Crippen molar-refractivity contribution in [2.24, 2.45) is 0 Å². The number of ether oxygens (including phenoxy) is 1. The fourth-order valence-corrected chi connectivity index (χ4v) is 2.01. The predicted molar refractivity (Wildman–Crippen MR) is 85.0 cm³/mol. The van der Waals surface area contributed by atoms with Gasteiger partial charge in [-0.15, -0.1) is 0 Å². The van der Waals surface area contributed by atoms with Crippen LogP contribution in [-0.4, -0.2) is 12.6 Å². The molecule has 0 fully saturated rings. The largest absolute Gasteiger partial charge is 0.464 e. The van der Waals surface area contributed by atoms with E-state index in [-0.39, 0.29) is 5.97 Å². The second-order valence-corrected chi connectivity index (χ2v) is 4.86. The highest BCUT2D eigenvalue weighted by atomic mass is 16.5. The van der Waals surface area contributed by atoms with Crippen molar-refractivity contribution >= 4 is 17.3 Å². The number of benzene rings is 2. The van der Waals surface area contributed by atoms with E-state index in [2.05, 4.69) is 5.32 Å². The number of esters is 1. The maximum Gasteiger partial charge on any atom is 0.333 e. The molecular weight excluding hydrogens is 264 g/mol. The first kappa shape index (κ1) is 14.9. The molecule has 1 unspecified atom stereocenters. The van der Waals surface area contributed by atoms with E-state index in [4.69, 9.17) is 10.5 Å². The first-order valence-electron chi connectivity index (χ1n) is 6.95. The van der Waals surface area contributed by atoms with E-state index in [9.17, 15) is 4.79 Å². The summed E-state index contributed by atoms with van der Waals surface area (Å²) >= 11 is 0. The number of aryl methyl sites for hydroxylation is 1. The van der Waals surface area contributed by atoms with Gasteiger partial charge in [-0.25, -0.2) is 4.79 Å². The molecule has 0 bridgehead atoms. The molecule has 4 heteroatoms. The zero-order valence-corrected chi connectivity index (χ0v) is 12.3. The smallest absolute Gasteiger partial charge is 0.333 e. The van der Waals surface area contributed by atoms with Gasteiger partial charge in [-0.2, -0.15) is 0 Å². The standard InChI is InChI=1S/C17H20N2O2/c1-3-21-17(20)16(13-6-8-14(18)9-7-13)19-15-10-4-12(2)5-11-15/h4-11,16,19H,3,18H2,1-2H3. The van der Waals surface area contributed by atoms with E-state index in [1.54, 1.807) is 19.1 Å². The van der Waals surface area contributed by atoms with Crippen molar-refractivity contribution in [3.05, 3.63) is 59.7 Å². The second kappa shape index (κ2) is 6.79. The maximum atomic E-state index is 12.2. The van der Waals surface area contributed by atoms with Crippen molar-refractivity contribution in [1.29, 1.82) is 0 Å². The lowest BCUT2D eigenvalue weighted by Gasteiger charge is -2.19. The number of nitrogens with one attached hydrogen (secondary N) is 1. The zero-order chi connectivity index (χ0) is 15.2. The van der Waals surface area contributed by atoms with Crippen LogP contribution in [0.25, 0.3) is 0 Å². The van der Waals surface area contributed by atoms with Gasteiger partial charge >= 0.3 is 5.97 Å². The summed E-state index contributed by atoms with van der Waals surface area (Å²) < 4.78 is 5.15. The molecule has 2 aromatic carbocycles. The average Bonchev–Trinajstić information content (AvgIpc) is 2.48. The summed E-state index contributed by atoms with van der Waals surface area (Å²) in [5.41, 5.74) is 9.22. The molecule has 0 radical (unpaired) electrons. The Bertz CT molecular complexity index is 591. The van der Waals surface area contributed by atoms with Crippen LogP contribution in [-0.2, 0) is 9.53 Å². The predicted octanol–water partition coefficient (Wildman–Crippen LogP) is 3.29. The molecule has 3 N–H and O–H groups in total. The first-order valence-corrected chi connectivity index (χ1v) is 6.95. The highest BCUT2D eigenvalue weighted by Crippen LogP contribution is 2.22. The molecular formula is C17H20N2O2. The molecule has 1 atom stereocenters. The van der Waals surface area contributed by atoms with Crippen LogP contribution in [0.2, 0.25) is 0 Å². The van der Waals surface area contributed by atoms with Crippen LogP contribution in [0.3, 0.4) is 0 Å². The lowest BCUT2D eigenvalue weighted by atomic mass is 10.1. The monoisotopic (exact) mass is 284 g/mol. The number of carbonyl (C=O) groups excluding carboxylic acids is 1. The van der Waals surface area contributed by atoms with Crippen LogP contribution in [0, 0.1) is 6.92 Å². The van der Waals surface area contributed by atoms with Gasteiger partial charge < -0.3 is 15.8 Å². The molecule has 0 aliphatic carbocycles. The minimum absolute atomic E-state index is 0.303. The van der Waals surface area contributed by atoms with Gasteiger partial charge in [0, 0.05) is 11.4 Å². The van der Waals surface area contributed by atoms with Gasteiger partial charge in [-0.3, -0.25) is 0 Å². The second-order valence-electron chi connectivity index (χ2n) is 4.86. The number of hydrogen-bond acceptors (Lipinski definition) is 4. The Morgan fingerprint density at radius 1 is 1.14 bits per heavy atom. The summed E-state index contributed by atoms with van der Waals surface area (Å²) in [5, 5.41) is 3.21. The lowest BCUT2D eigenvalue weighted by Crippen LogP contribution is -2.23. The first-order chi connectivity index (χ1) is 10.1. The van der Waals surface area contributed by atoms with Crippen molar-refractivity contribution in [1.82, 2.24) is 0 Å². The van der Waals surface area contributed by atoms with E-state index in [1.807, 2.05) is 43.3 Å². The third-order valence-electron chi connectivity index (χ3n) is 3.15. The Hall–Kier alpha value is -2.49. The quantitative estimate of drug-likeness (QED) is 0.653. The molecule has 0 saturated carbocycles. The molecule has 0 aromatic heterocycles. The molecule has 4 nitrogen and oxygen atoms in total. The van der Waals surface area contributed by atoms with Gasteiger partial charge in [0.15, 0.2) is 6.04 Å². The number of nitrogens with two attached hydrogens (primary N) is 1. The fraction of sp³-hybridized carbons (Fsp3) is 0.235. The van der Waals surface area contributed by atoms with Gasteiger partial charge in [0.1, 0.15) is 0 Å². The third-order valence-corrected chi connectivity index (χ3v) is 3.15. The van der Waals surface area contributed by atoms with E-state index >= 15 is 0 Å². The molecule has 0 amide bonds. The zero-order valence-electron chi connectivity index (χ0n) is 12.3. The summed E-state index contributed by atoms with van der Waals surface area (Å²) in [7, 11) is 0. The van der Waals surface area contributed by atoms with Crippen LogP contribution in [0.1, 0.15) is 24.1 Å². The SMILES string of the molecule is CCOC(=O)C(Nc1ccc(C)cc1)c1ccc(N)cc1. The van der Waals surface area contributed by atoms with Gasteiger partial charge in [0.2, 0.25) is 0 Å². The topological polar surface area (TPSA) is 64.3 Å². The summed E-state index contributed by atoms with van der Waals surface area (Å²) in [5.74, 6) is -0.303. The molecule has 0 spiro atoms. The average molecular weight is 284 g/mol. The number of nitrogen functional groups attached to an aromatic ring is 1. The van der Waals surface area contributed by atoms with Crippen LogP contribution in [0.5, 0.6) is 0 Å². The van der Waals surface area contributed by atoms with E-state index in [0.29, 0.717) is 12.3 Å². The van der Waals surface area contributed by atoms with Crippen molar-refractivity contribution in [3.8, 4) is 0 Å². The summed E-state index contributed by atoms with van der Waals surface area (Å²) in [6.45, 7) is 4.16. The van der Waals surface area contributed by atoms with Gasteiger partial charge in [0.25, 0.3) is 0 Å². The Morgan fingerprint density at radius 3 is 2.33 bits per heavy atom. The Balaban J connectivity index is 2.25. The van der Waals surface area contributed by atoms with Crippen molar-refractivity contribution < 1.29 is 9.53 Å². The molecule has 0 aliphatic heterocycles. The summed E-state index contributed by atoms with van der Waals surface area (Å²) in [4.78, 5) is 12.2. The minimum Gasteiger partial charge on any atom is -0.464 e. The number of carbonyl (C=O) groups is 1. The molecule has 110 valence electrons. The van der Waals surface area contributed by atoms with Crippen LogP contribution in [0.15, 0.2) is 48.5 Å². The molecule has 0 heterocycles. The van der Waals surface area contributed by atoms with Crippen LogP contribution >= 0.6 is 0 Å².